The molecule has 0 bridgehead atoms. The largest absolute Gasteiger partial charge is 5.00 e. The van der Waals surface area contributed by atoms with Crippen LogP contribution in [0.5, 0.6) is 0 Å². The van der Waals surface area contributed by atoms with Crippen LogP contribution >= 0.6 is 0 Å². The van der Waals surface area contributed by atoms with Gasteiger partial charge in [-0.15, -0.1) is 0 Å². The van der Waals surface area contributed by atoms with Crippen molar-refractivity contribution in [2.24, 2.45) is 0 Å². The molecule has 0 aromatic carbocycles. The maximum atomic E-state index is 10.7. The van der Waals surface area contributed by atoms with E-state index < -0.39 is 31.3 Å². The van der Waals surface area contributed by atoms with Crippen LogP contribution in [0.2, 0.25) is 0 Å². The maximum absolute atomic E-state index is 10.7. The minimum Gasteiger partial charge on any atom is -0.741 e. The number of aromatic nitrogens is 1. The van der Waals surface area contributed by atoms with E-state index in [4.69, 9.17) is 25.9 Å². The van der Waals surface area contributed by atoms with Gasteiger partial charge in [-0.3, -0.25) is 9.88 Å². The van der Waals surface area contributed by atoms with E-state index in [1.165, 1.54) is 5.69 Å². The topological polar surface area (TPSA) is 137 Å². The zero-order valence-corrected chi connectivity index (χ0v) is 22.1. The molecule has 36 heavy (non-hydrogen) atoms. The molecule has 0 N–H and O–H groups in total. The van der Waals surface area contributed by atoms with E-state index >= 15 is 0 Å². The molecule has 1 aliphatic heterocycles. The molecule has 1 saturated heterocycles. The van der Waals surface area contributed by atoms with E-state index in [2.05, 4.69) is 58.9 Å². The first kappa shape index (κ1) is 37.1. The number of halogens is 6. The summed E-state index contributed by atoms with van der Waals surface area (Å²) in [5.41, 5.74) is -9.00. The van der Waals surface area contributed by atoms with Crippen molar-refractivity contribution in [2.45, 2.75) is 24.5 Å². The van der Waals surface area contributed by atoms with Crippen molar-refractivity contribution in [3.63, 3.8) is 0 Å². The number of nitrogens with zero attached hydrogens (tertiary/aromatic N) is 4. The Morgan fingerprint density at radius 1 is 0.806 bits per heavy atom. The second-order valence-electron chi connectivity index (χ2n) is 7.45. The third kappa shape index (κ3) is 15.9. The second-order valence-corrected chi connectivity index (χ2v) is 10.2. The summed E-state index contributed by atoms with van der Waals surface area (Å²) in [5, 5.41) is 0. The summed E-state index contributed by atoms with van der Waals surface area (Å²) < 4.78 is 118. The Bertz CT molecular complexity index is 940. The van der Waals surface area contributed by atoms with Crippen LogP contribution in [-0.4, -0.2) is 110 Å². The van der Waals surface area contributed by atoms with Crippen molar-refractivity contribution < 1.29 is 69.4 Å². The summed E-state index contributed by atoms with van der Waals surface area (Å²) in [5.74, 6) is 0. The van der Waals surface area contributed by atoms with Gasteiger partial charge >= 0.3 is 28.1 Å². The Labute approximate surface area is 216 Å². The Morgan fingerprint density at radius 2 is 1.14 bits per heavy atom. The Balaban J connectivity index is 0. The van der Waals surface area contributed by atoms with Crippen LogP contribution in [0.4, 0.5) is 26.3 Å². The van der Waals surface area contributed by atoms with Crippen LogP contribution in [0.3, 0.4) is 0 Å². The number of aryl methyl sites for hydroxylation is 1. The molecule has 10 nitrogen and oxygen atoms in total. The van der Waals surface area contributed by atoms with Gasteiger partial charge in [0, 0.05) is 51.5 Å². The van der Waals surface area contributed by atoms with Gasteiger partial charge in [0.1, 0.15) is 0 Å². The molecule has 1 aromatic heterocycles. The third-order valence-corrected chi connectivity index (χ3v) is 5.49. The Hall–Kier alpha value is -1.05. The van der Waals surface area contributed by atoms with Gasteiger partial charge in [-0.05, 0) is 33.2 Å². The Morgan fingerprint density at radius 3 is 1.44 bits per heavy atom. The summed E-state index contributed by atoms with van der Waals surface area (Å²) in [7, 11) is -7.76. The maximum Gasteiger partial charge on any atom is 5.00 e. The molecule has 209 valence electrons. The molecule has 1 fully saturated rings. The minimum atomic E-state index is -6.09. The molecular weight excluding hydrogens is 590 g/mol. The predicted molar refractivity (Wildman–Crippen MR) is 111 cm³/mol. The van der Waals surface area contributed by atoms with E-state index in [-0.39, 0.29) is 17.1 Å². The molecule has 0 amide bonds. The van der Waals surface area contributed by atoms with E-state index in [1.807, 2.05) is 0 Å². The molecule has 1 aromatic rings. The fraction of sp³-hybridized carbons (Fsp3) is 0.706. The number of rotatable bonds is 2. The van der Waals surface area contributed by atoms with Crippen molar-refractivity contribution in [3.8, 4) is 0 Å². The summed E-state index contributed by atoms with van der Waals surface area (Å²) in [6, 6.07) is 6.29. The van der Waals surface area contributed by atoms with Crippen molar-refractivity contribution in [3.05, 3.63) is 29.6 Å². The van der Waals surface area contributed by atoms with Gasteiger partial charge in [-0.1, -0.05) is 6.07 Å². The molecule has 2 heterocycles. The summed E-state index contributed by atoms with van der Waals surface area (Å²) in [6.45, 7) is 9.87. The minimum absolute atomic E-state index is 0. The SMILES string of the molecule is Cc1cccc(CN2CCN(C)CCN(C)CC2)n1.O=S(=O)([O-])C(F)(F)F.O=S(=O)([O-])C(F)(F)F.[Fe+5]. The zero-order valence-electron chi connectivity index (χ0n) is 19.4. The molecule has 0 saturated carbocycles. The third-order valence-electron chi connectivity index (χ3n) is 4.36. The first-order valence-electron chi connectivity index (χ1n) is 9.69. The van der Waals surface area contributed by atoms with Crippen molar-refractivity contribution in [2.75, 3.05) is 53.4 Å². The zero-order chi connectivity index (χ0) is 27.7. The van der Waals surface area contributed by atoms with Gasteiger partial charge in [0.25, 0.3) is 0 Å². The fourth-order valence-corrected chi connectivity index (χ4v) is 2.38. The average molecular weight is 616 g/mol. The van der Waals surface area contributed by atoms with Gasteiger partial charge in [0.2, 0.25) is 0 Å². The van der Waals surface area contributed by atoms with Crippen LogP contribution in [-0.2, 0) is 43.8 Å². The van der Waals surface area contributed by atoms with Gasteiger partial charge in [-0.25, -0.2) is 16.8 Å². The standard InChI is InChI=1S/C15H26N4.2CHF3O3S.Fe/c1-14-5-4-6-15(16-14)13-19-11-9-17(2)7-8-18(3)10-12-19;2*2-1(3,4)8(5,6)7;/h4-6H,7-13H2,1-3H3;2*(H,5,6,7);/q;;;+5/p-2. The number of hydrogen-bond donors (Lipinski definition) is 0. The normalized spacial score (nSPS) is 17.2. The van der Waals surface area contributed by atoms with Crippen molar-refractivity contribution in [1.82, 2.24) is 19.7 Å². The van der Waals surface area contributed by atoms with Crippen molar-refractivity contribution in [1.29, 1.82) is 0 Å². The van der Waals surface area contributed by atoms with Crippen molar-refractivity contribution >= 4 is 20.2 Å². The van der Waals surface area contributed by atoms with Crippen LogP contribution in [0.25, 0.3) is 0 Å². The van der Waals surface area contributed by atoms with Crippen LogP contribution in [0.15, 0.2) is 18.2 Å². The van der Waals surface area contributed by atoms with E-state index in [0.717, 1.165) is 51.5 Å². The van der Waals surface area contributed by atoms with E-state index in [0.29, 0.717) is 0 Å². The number of pyridine rings is 1. The van der Waals surface area contributed by atoms with Crippen LogP contribution in [0.1, 0.15) is 11.4 Å². The molecular formula is C17H26F6FeN4O6S2+3. The van der Waals surface area contributed by atoms with E-state index in [9.17, 15) is 26.3 Å². The Kier molecular flexibility index (Phi) is 15.9. The summed E-state index contributed by atoms with van der Waals surface area (Å²) in [4.78, 5) is 12.0. The van der Waals surface area contributed by atoms with Crippen LogP contribution < -0.4 is 0 Å². The second kappa shape index (κ2) is 15.4. The molecule has 19 heteroatoms. The molecule has 1 aliphatic rings. The van der Waals surface area contributed by atoms with Gasteiger partial charge < -0.3 is 18.9 Å². The molecule has 0 spiro atoms. The van der Waals surface area contributed by atoms with Crippen LogP contribution in [0, 0.1) is 6.92 Å². The number of likely N-dealkylation sites (N-methyl/N-ethyl adjacent to an activating group) is 2. The summed E-state index contributed by atoms with van der Waals surface area (Å²) in [6.07, 6.45) is 0. The molecule has 0 aliphatic carbocycles. The van der Waals surface area contributed by atoms with Gasteiger partial charge in [0.15, 0.2) is 20.2 Å². The molecule has 1 radical (unpaired) electrons. The molecule has 0 unspecified atom stereocenters. The predicted octanol–water partition coefficient (Wildman–Crippen LogP) is 1.17. The number of hydrogen-bond acceptors (Lipinski definition) is 10. The molecule has 0 atom stereocenters. The first-order valence-corrected chi connectivity index (χ1v) is 12.5. The first-order chi connectivity index (χ1) is 15.6. The quantitative estimate of drug-likeness (QED) is 0.206. The summed E-state index contributed by atoms with van der Waals surface area (Å²) >= 11 is 0. The monoisotopic (exact) mass is 616 g/mol. The number of alkyl halides is 6. The van der Waals surface area contributed by atoms with Gasteiger partial charge in [0.05, 0.1) is 5.69 Å². The average Bonchev–Trinajstić information content (AvgIpc) is 2.73. The molecule has 2 rings (SSSR count). The van der Waals surface area contributed by atoms with Gasteiger partial charge in [-0.2, -0.15) is 26.3 Å². The smallest absolute Gasteiger partial charge is 0.741 e. The van der Waals surface area contributed by atoms with E-state index in [1.54, 1.807) is 0 Å². The fourth-order valence-electron chi connectivity index (χ4n) is 2.38.